The third-order valence-electron chi connectivity index (χ3n) is 4.56. The Labute approximate surface area is 152 Å². The monoisotopic (exact) mass is 356 g/mol. The first-order chi connectivity index (χ1) is 12.2. The maximum Gasteiger partial charge on any atom is 0.230 e. The van der Waals surface area contributed by atoms with Crippen molar-refractivity contribution in [3.63, 3.8) is 0 Å². The lowest BCUT2D eigenvalue weighted by Gasteiger charge is -2.11. The number of hydrogen-bond donors (Lipinski definition) is 2. The summed E-state index contributed by atoms with van der Waals surface area (Å²) < 4.78 is 0. The first kappa shape index (κ1) is 17.8. The summed E-state index contributed by atoms with van der Waals surface area (Å²) in [4.78, 5) is 24.9. The third-order valence-corrected chi connectivity index (χ3v) is 5.56. The molecule has 2 amide bonds. The van der Waals surface area contributed by atoms with Gasteiger partial charge < -0.3 is 10.6 Å². The Balaban J connectivity index is 1.35. The summed E-state index contributed by atoms with van der Waals surface area (Å²) in [6, 6.07) is 14.4. The molecular formula is C20H24N2O2S. The number of thioether (sulfide) groups is 1. The van der Waals surface area contributed by atoms with Crippen LogP contribution >= 0.6 is 11.8 Å². The molecule has 1 aliphatic rings. The molecule has 0 bridgehead atoms. The Kier molecular flexibility index (Phi) is 6.34. The van der Waals surface area contributed by atoms with E-state index >= 15 is 0 Å². The van der Waals surface area contributed by atoms with Crippen molar-refractivity contribution in [1.29, 1.82) is 0 Å². The number of carbonyl (C=O) groups is 2. The molecule has 0 atom stereocenters. The lowest BCUT2D eigenvalue weighted by Crippen LogP contribution is -2.37. The van der Waals surface area contributed by atoms with Crippen molar-refractivity contribution in [2.75, 3.05) is 18.8 Å². The van der Waals surface area contributed by atoms with Gasteiger partial charge in [-0.05, 0) is 35.7 Å². The fourth-order valence-electron chi connectivity index (χ4n) is 3.18. The molecule has 25 heavy (non-hydrogen) atoms. The fourth-order valence-corrected chi connectivity index (χ4v) is 3.95. The van der Waals surface area contributed by atoms with E-state index in [1.807, 2.05) is 18.2 Å². The molecule has 2 N–H and O–H groups in total. The minimum absolute atomic E-state index is 0.00623. The lowest BCUT2D eigenvalue weighted by atomic mass is 10.1. The fraction of sp³-hybridized carbons (Fsp3) is 0.400. The molecule has 0 heterocycles. The highest BCUT2D eigenvalue weighted by Gasteiger charge is 2.21. The SMILES string of the molecule is O=C(CSc1ccc2ccccc2c1)NCCNC(=O)C1CCCC1. The molecular weight excluding hydrogens is 332 g/mol. The maximum atomic E-state index is 11.9. The van der Waals surface area contributed by atoms with Gasteiger partial charge in [0.05, 0.1) is 5.75 Å². The van der Waals surface area contributed by atoms with Crippen LogP contribution < -0.4 is 10.6 Å². The molecule has 5 heteroatoms. The zero-order chi connectivity index (χ0) is 17.5. The highest BCUT2D eigenvalue weighted by atomic mass is 32.2. The van der Waals surface area contributed by atoms with Gasteiger partial charge in [-0.2, -0.15) is 0 Å². The van der Waals surface area contributed by atoms with Gasteiger partial charge in [-0.3, -0.25) is 9.59 Å². The van der Waals surface area contributed by atoms with Gasteiger partial charge in [0.15, 0.2) is 0 Å². The van der Waals surface area contributed by atoms with E-state index < -0.39 is 0 Å². The summed E-state index contributed by atoms with van der Waals surface area (Å²) in [5, 5.41) is 8.16. The molecule has 1 aliphatic carbocycles. The molecule has 2 aromatic rings. The minimum atomic E-state index is -0.00623. The Morgan fingerprint density at radius 3 is 2.48 bits per heavy atom. The van der Waals surface area contributed by atoms with Crippen LogP contribution in [0.5, 0.6) is 0 Å². The van der Waals surface area contributed by atoms with E-state index in [-0.39, 0.29) is 17.7 Å². The molecule has 0 spiro atoms. The molecule has 0 unspecified atom stereocenters. The van der Waals surface area contributed by atoms with Crippen LogP contribution in [0.1, 0.15) is 25.7 Å². The van der Waals surface area contributed by atoms with Crippen LogP contribution in [0.25, 0.3) is 10.8 Å². The normalized spacial score (nSPS) is 14.6. The summed E-state index contributed by atoms with van der Waals surface area (Å²) in [7, 11) is 0. The first-order valence-corrected chi connectivity index (χ1v) is 9.87. The minimum Gasteiger partial charge on any atom is -0.354 e. The van der Waals surface area contributed by atoms with Crippen LogP contribution in [0.3, 0.4) is 0 Å². The van der Waals surface area contributed by atoms with Gasteiger partial charge in [-0.1, -0.05) is 43.2 Å². The number of nitrogens with one attached hydrogen (secondary N) is 2. The van der Waals surface area contributed by atoms with Crippen LogP contribution in [-0.4, -0.2) is 30.7 Å². The van der Waals surface area contributed by atoms with Crippen LogP contribution in [0, 0.1) is 5.92 Å². The van der Waals surface area contributed by atoms with E-state index in [4.69, 9.17) is 0 Å². The molecule has 0 radical (unpaired) electrons. The average Bonchev–Trinajstić information content (AvgIpc) is 3.18. The van der Waals surface area contributed by atoms with Crippen LogP contribution in [0.4, 0.5) is 0 Å². The van der Waals surface area contributed by atoms with E-state index in [1.165, 1.54) is 22.5 Å². The third kappa shape index (κ3) is 5.23. The number of fused-ring (bicyclic) bond motifs is 1. The van der Waals surface area contributed by atoms with Crippen molar-refractivity contribution in [1.82, 2.24) is 10.6 Å². The Morgan fingerprint density at radius 1 is 0.960 bits per heavy atom. The highest BCUT2D eigenvalue weighted by molar-refractivity contribution is 8.00. The van der Waals surface area contributed by atoms with Crippen molar-refractivity contribution in [3.8, 4) is 0 Å². The number of carbonyl (C=O) groups excluding carboxylic acids is 2. The van der Waals surface area contributed by atoms with Crippen molar-refractivity contribution in [3.05, 3.63) is 42.5 Å². The van der Waals surface area contributed by atoms with E-state index in [9.17, 15) is 9.59 Å². The standard InChI is InChI=1S/C20H24N2O2S/c23-19(21-11-12-22-20(24)16-6-2-3-7-16)14-25-18-10-9-15-5-1-4-8-17(15)13-18/h1,4-5,8-10,13,16H,2-3,6-7,11-12,14H2,(H,21,23)(H,22,24). The average molecular weight is 356 g/mol. The van der Waals surface area contributed by atoms with Crippen molar-refractivity contribution >= 4 is 34.3 Å². The van der Waals surface area contributed by atoms with Crippen LogP contribution in [-0.2, 0) is 9.59 Å². The molecule has 3 rings (SSSR count). The van der Waals surface area contributed by atoms with E-state index in [2.05, 4.69) is 34.9 Å². The van der Waals surface area contributed by atoms with E-state index in [0.717, 1.165) is 30.6 Å². The van der Waals surface area contributed by atoms with Gasteiger partial charge in [-0.15, -0.1) is 11.8 Å². The Bertz CT molecular complexity index is 741. The second kappa shape index (κ2) is 8.90. The highest BCUT2D eigenvalue weighted by Crippen LogP contribution is 2.24. The zero-order valence-electron chi connectivity index (χ0n) is 14.3. The number of rotatable bonds is 7. The zero-order valence-corrected chi connectivity index (χ0v) is 15.1. The molecule has 1 saturated carbocycles. The predicted molar refractivity (Wildman–Crippen MR) is 103 cm³/mol. The number of hydrogen-bond acceptors (Lipinski definition) is 3. The second-order valence-electron chi connectivity index (χ2n) is 6.42. The molecule has 1 fully saturated rings. The maximum absolute atomic E-state index is 11.9. The lowest BCUT2D eigenvalue weighted by molar-refractivity contribution is -0.125. The molecule has 4 nitrogen and oxygen atoms in total. The molecule has 0 aromatic heterocycles. The summed E-state index contributed by atoms with van der Waals surface area (Å²) in [5.74, 6) is 0.694. The van der Waals surface area contributed by atoms with Crippen molar-refractivity contribution in [2.24, 2.45) is 5.92 Å². The topological polar surface area (TPSA) is 58.2 Å². The Hall–Kier alpha value is -2.01. The number of amides is 2. The van der Waals surface area contributed by atoms with Crippen molar-refractivity contribution < 1.29 is 9.59 Å². The van der Waals surface area contributed by atoms with Crippen LogP contribution in [0.15, 0.2) is 47.4 Å². The Morgan fingerprint density at radius 2 is 1.68 bits per heavy atom. The molecule has 0 saturated heterocycles. The summed E-state index contributed by atoms with van der Waals surface area (Å²) in [6.45, 7) is 0.983. The molecule has 132 valence electrons. The molecule has 2 aromatic carbocycles. The second-order valence-corrected chi connectivity index (χ2v) is 7.47. The van der Waals surface area contributed by atoms with Gasteiger partial charge in [0.25, 0.3) is 0 Å². The number of benzene rings is 2. The van der Waals surface area contributed by atoms with Gasteiger partial charge in [0.1, 0.15) is 0 Å². The quantitative estimate of drug-likeness (QED) is 0.591. The van der Waals surface area contributed by atoms with Crippen molar-refractivity contribution in [2.45, 2.75) is 30.6 Å². The summed E-state index contributed by atoms with van der Waals surface area (Å²) in [5.41, 5.74) is 0. The summed E-state index contributed by atoms with van der Waals surface area (Å²) in [6.07, 6.45) is 4.31. The predicted octanol–water partition coefficient (Wildman–Crippen LogP) is 3.35. The first-order valence-electron chi connectivity index (χ1n) is 8.88. The van der Waals surface area contributed by atoms with Gasteiger partial charge in [-0.25, -0.2) is 0 Å². The van der Waals surface area contributed by atoms with E-state index in [0.29, 0.717) is 18.8 Å². The summed E-state index contributed by atoms with van der Waals surface area (Å²) >= 11 is 1.53. The smallest absolute Gasteiger partial charge is 0.230 e. The van der Waals surface area contributed by atoms with Crippen LogP contribution in [0.2, 0.25) is 0 Å². The molecule has 0 aliphatic heterocycles. The van der Waals surface area contributed by atoms with Gasteiger partial charge in [0.2, 0.25) is 11.8 Å². The van der Waals surface area contributed by atoms with Gasteiger partial charge in [0, 0.05) is 23.9 Å². The van der Waals surface area contributed by atoms with Gasteiger partial charge >= 0.3 is 0 Å². The largest absolute Gasteiger partial charge is 0.354 e. The van der Waals surface area contributed by atoms with E-state index in [1.54, 1.807) is 0 Å².